The van der Waals surface area contributed by atoms with Crippen molar-refractivity contribution in [2.24, 2.45) is 0 Å². The first-order valence-corrected chi connectivity index (χ1v) is 10.4. The van der Waals surface area contributed by atoms with Crippen LogP contribution in [0.4, 0.5) is 5.82 Å². The van der Waals surface area contributed by atoms with Crippen LogP contribution in [0, 0.1) is 0 Å². The maximum Gasteiger partial charge on any atom is 0.243 e. The fourth-order valence-electron chi connectivity index (χ4n) is 2.86. The maximum atomic E-state index is 12.7. The molecular weight excluding hydrogens is 395 g/mol. The van der Waals surface area contributed by atoms with Gasteiger partial charge in [-0.05, 0) is 25.2 Å². The molecule has 1 N–H and O–H groups in total. The van der Waals surface area contributed by atoms with Gasteiger partial charge in [-0.15, -0.1) is 0 Å². The molecule has 0 bridgehead atoms. The fraction of sp³-hybridized carbons (Fsp3) is 0.353. The van der Waals surface area contributed by atoms with E-state index in [1.165, 1.54) is 12.1 Å². The van der Waals surface area contributed by atoms with Gasteiger partial charge in [-0.1, -0.05) is 35.3 Å². The molecule has 3 rings (SSSR count). The van der Waals surface area contributed by atoms with Gasteiger partial charge in [0.2, 0.25) is 10.0 Å². The zero-order valence-electron chi connectivity index (χ0n) is 14.3. The van der Waals surface area contributed by atoms with Crippen molar-refractivity contribution >= 4 is 39.0 Å². The van der Waals surface area contributed by atoms with Gasteiger partial charge in [-0.3, -0.25) is 0 Å². The lowest BCUT2D eigenvalue weighted by Crippen LogP contribution is -2.45. The Kier molecular flexibility index (Phi) is 6.04. The van der Waals surface area contributed by atoms with Crippen LogP contribution in [-0.4, -0.2) is 51.5 Å². The first-order valence-electron chi connectivity index (χ1n) is 8.19. The Labute approximate surface area is 163 Å². The molecule has 0 spiro atoms. The second-order valence-electron chi connectivity index (χ2n) is 6.15. The minimum absolute atomic E-state index is 0.0930. The summed E-state index contributed by atoms with van der Waals surface area (Å²) in [4.78, 5) is 8.78. The van der Waals surface area contributed by atoms with Crippen LogP contribution in [0.15, 0.2) is 41.4 Å². The lowest BCUT2D eigenvalue weighted by atomic mass is 10.2. The standard InChI is InChI=1S/C17H20Cl2N4O2S/c1-22-8-10-23(11-9-22)17-13(4-3-7-20-17)12-21-26(24,25)16-14(18)5-2-6-15(16)19/h2-7,21H,8-12H2,1H3. The van der Waals surface area contributed by atoms with Crippen LogP contribution in [0.1, 0.15) is 5.56 Å². The monoisotopic (exact) mass is 414 g/mol. The average Bonchev–Trinajstić information content (AvgIpc) is 2.61. The second kappa shape index (κ2) is 8.10. The third kappa shape index (κ3) is 4.29. The predicted molar refractivity (Wildman–Crippen MR) is 104 cm³/mol. The van der Waals surface area contributed by atoms with Crippen LogP contribution in [-0.2, 0) is 16.6 Å². The van der Waals surface area contributed by atoms with Gasteiger partial charge in [0.1, 0.15) is 10.7 Å². The summed E-state index contributed by atoms with van der Waals surface area (Å²) < 4.78 is 27.9. The molecule has 1 aliphatic heterocycles. The number of piperazine rings is 1. The Bertz CT molecular complexity index is 864. The highest BCUT2D eigenvalue weighted by molar-refractivity contribution is 7.89. The molecule has 2 aromatic rings. The third-order valence-corrected chi connectivity index (χ3v) is 6.67. The fourth-order valence-corrected chi connectivity index (χ4v) is 5.00. The van der Waals surface area contributed by atoms with Crippen molar-refractivity contribution in [1.29, 1.82) is 0 Å². The topological polar surface area (TPSA) is 65.5 Å². The smallest absolute Gasteiger partial charge is 0.243 e. The quantitative estimate of drug-likeness (QED) is 0.814. The lowest BCUT2D eigenvalue weighted by Gasteiger charge is -2.34. The summed E-state index contributed by atoms with van der Waals surface area (Å²) in [5, 5.41) is 0.186. The highest BCUT2D eigenvalue weighted by atomic mass is 35.5. The molecule has 140 valence electrons. The van der Waals surface area contributed by atoms with Gasteiger partial charge in [0, 0.05) is 44.5 Å². The Hall–Kier alpha value is -1.38. The van der Waals surface area contributed by atoms with Crippen LogP contribution in [0.5, 0.6) is 0 Å². The molecule has 1 fully saturated rings. The van der Waals surface area contributed by atoms with Crippen LogP contribution < -0.4 is 9.62 Å². The maximum absolute atomic E-state index is 12.7. The second-order valence-corrected chi connectivity index (χ2v) is 8.67. The van der Waals surface area contributed by atoms with Crippen molar-refractivity contribution in [3.63, 3.8) is 0 Å². The Balaban J connectivity index is 1.80. The van der Waals surface area contributed by atoms with Crippen LogP contribution in [0.3, 0.4) is 0 Å². The molecule has 0 radical (unpaired) electrons. The van der Waals surface area contributed by atoms with Crippen molar-refractivity contribution in [3.05, 3.63) is 52.1 Å². The molecule has 0 aliphatic carbocycles. The van der Waals surface area contributed by atoms with Gasteiger partial charge >= 0.3 is 0 Å². The van der Waals surface area contributed by atoms with E-state index in [4.69, 9.17) is 23.2 Å². The molecule has 2 heterocycles. The Morgan fingerprint density at radius 3 is 2.38 bits per heavy atom. The van der Waals surface area contributed by atoms with E-state index in [0.29, 0.717) is 0 Å². The number of anilines is 1. The lowest BCUT2D eigenvalue weighted by molar-refractivity contribution is 0.312. The molecule has 0 unspecified atom stereocenters. The van der Waals surface area contributed by atoms with E-state index >= 15 is 0 Å². The molecular formula is C17H20Cl2N4O2S. The minimum atomic E-state index is -3.84. The third-order valence-electron chi connectivity index (χ3n) is 4.31. The number of likely N-dealkylation sites (N-methyl/N-ethyl adjacent to an activating group) is 1. The van der Waals surface area contributed by atoms with E-state index in [2.05, 4.69) is 26.6 Å². The summed E-state index contributed by atoms with van der Waals surface area (Å²) in [6, 6.07) is 8.28. The van der Waals surface area contributed by atoms with E-state index in [9.17, 15) is 8.42 Å². The number of benzene rings is 1. The van der Waals surface area contributed by atoms with Crippen LogP contribution in [0.2, 0.25) is 10.0 Å². The first kappa shape index (κ1) is 19.4. The zero-order chi connectivity index (χ0) is 18.7. The molecule has 1 aliphatic rings. The van der Waals surface area contributed by atoms with Gasteiger partial charge in [0.05, 0.1) is 10.0 Å². The van der Waals surface area contributed by atoms with Gasteiger partial charge in [0.25, 0.3) is 0 Å². The van der Waals surface area contributed by atoms with E-state index in [-0.39, 0.29) is 21.5 Å². The predicted octanol–water partition coefficient (Wildman–Crippen LogP) is 2.62. The highest BCUT2D eigenvalue weighted by Crippen LogP contribution is 2.29. The molecule has 0 amide bonds. The normalized spacial score (nSPS) is 16.0. The van der Waals surface area contributed by atoms with E-state index < -0.39 is 10.0 Å². The number of aromatic nitrogens is 1. The van der Waals surface area contributed by atoms with E-state index in [0.717, 1.165) is 37.6 Å². The summed E-state index contributed by atoms with van der Waals surface area (Å²) in [5.41, 5.74) is 0.809. The molecule has 26 heavy (non-hydrogen) atoms. The summed E-state index contributed by atoms with van der Waals surface area (Å²) in [5.74, 6) is 0.800. The van der Waals surface area contributed by atoms with Crippen molar-refractivity contribution in [2.75, 3.05) is 38.1 Å². The van der Waals surface area contributed by atoms with Gasteiger partial charge in [-0.2, -0.15) is 0 Å². The SMILES string of the molecule is CN1CCN(c2ncccc2CNS(=O)(=O)c2c(Cl)cccc2Cl)CC1. The van der Waals surface area contributed by atoms with Crippen molar-refractivity contribution in [2.45, 2.75) is 11.4 Å². The number of rotatable bonds is 5. The highest BCUT2D eigenvalue weighted by Gasteiger charge is 2.23. The van der Waals surface area contributed by atoms with Gasteiger partial charge in [0.15, 0.2) is 0 Å². The molecule has 1 aromatic carbocycles. The number of hydrogen-bond acceptors (Lipinski definition) is 5. The Morgan fingerprint density at radius 2 is 1.73 bits per heavy atom. The molecule has 9 heteroatoms. The van der Waals surface area contributed by atoms with Crippen molar-refractivity contribution < 1.29 is 8.42 Å². The summed E-state index contributed by atoms with van der Waals surface area (Å²) in [6.45, 7) is 3.69. The summed E-state index contributed by atoms with van der Waals surface area (Å²) >= 11 is 12.1. The Morgan fingerprint density at radius 1 is 1.08 bits per heavy atom. The molecule has 6 nitrogen and oxygen atoms in total. The minimum Gasteiger partial charge on any atom is -0.354 e. The molecule has 1 aromatic heterocycles. The van der Waals surface area contributed by atoms with Crippen molar-refractivity contribution in [3.8, 4) is 0 Å². The van der Waals surface area contributed by atoms with Gasteiger partial charge < -0.3 is 9.80 Å². The molecule has 0 atom stereocenters. The van der Waals surface area contributed by atoms with E-state index in [1.54, 1.807) is 18.3 Å². The first-order chi connectivity index (χ1) is 12.4. The van der Waals surface area contributed by atoms with E-state index in [1.807, 2.05) is 6.07 Å². The number of hydrogen-bond donors (Lipinski definition) is 1. The number of halogens is 2. The largest absolute Gasteiger partial charge is 0.354 e. The summed E-state index contributed by atoms with van der Waals surface area (Å²) in [6.07, 6.45) is 1.72. The summed E-state index contributed by atoms with van der Waals surface area (Å²) in [7, 11) is -1.76. The zero-order valence-corrected chi connectivity index (χ0v) is 16.7. The van der Waals surface area contributed by atoms with Crippen molar-refractivity contribution in [1.82, 2.24) is 14.6 Å². The number of sulfonamides is 1. The molecule has 1 saturated heterocycles. The molecule has 0 saturated carbocycles. The average molecular weight is 415 g/mol. The van der Waals surface area contributed by atoms with Crippen LogP contribution >= 0.6 is 23.2 Å². The van der Waals surface area contributed by atoms with Gasteiger partial charge in [-0.25, -0.2) is 18.1 Å². The number of pyridine rings is 1. The number of nitrogens with one attached hydrogen (secondary N) is 1. The van der Waals surface area contributed by atoms with Crippen LogP contribution in [0.25, 0.3) is 0 Å². The number of nitrogens with zero attached hydrogens (tertiary/aromatic N) is 3.